The van der Waals surface area contributed by atoms with Gasteiger partial charge in [-0.2, -0.15) is 0 Å². The number of hydrogen-bond acceptors (Lipinski definition) is 3. The monoisotopic (exact) mass is 314 g/mol. The van der Waals surface area contributed by atoms with Crippen LogP contribution in [0.3, 0.4) is 0 Å². The fourth-order valence-electron chi connectivity index (χ4n) is 1.86. The van der Waals surface area contributed by atoms with Gasteiger partial charge in [-0.1, -0.05) is 36.7 Å². The molecule has 18 heavy (non-hydrogen) atoms. The Bertz CT molecular complexity index is 393. The van der Waals surface area contributed by atoms with Crippen molar-refractivity contribution in [3.8, 4) is 5.75 Å². The van der Waals surface area contributed by atoms with E-state index in [2.05, 4.69) is 48.2 Å². The fraction of sp³-hybridized carbons (Fsp3) is 0.571. The summed E-state index contributed by atoms with van der Waals surface area (Å²) in [5.41, 5.74) is 4.30. The van der Waals surface area contributed by atoms with E-state index in [0.717, 1.165) is 23.1 Å². The van der Waals surface area contributed by atoms with Crippen molar-refractivity contribution in [3.63, 3.8) is 0 Å². The van der Waals surface area contributed by atoms with Crippen LogP contribution in [-0.2, 0) is 6.42 Å². The van der Waals surface area contributed by atoms with Crippen LogP contribution in [0.25, 0.3) is 0 Å². The zero-order valence-electron chi connectivity index (χ0n) is 11.6. The Hall–Kier alpha value is -0.580. The maximum atomic E-state index is 5.71. The van der Waals surface area contributed by atoms with E-state index in [1.54, 1.807) is 7.11 Å². The van der Waals surface area contributed by atoms with Gasteiger partial charge >= 0.3 is 0 Å². The van der Waals surface area contributed by atoms with Gasteiger partial charge in [-0.15, -0.1) is 0 Å². The van der Waals surface area contributed by atoms with Crippen molar-refractivity contribution < 1.29 is 4.74 Å². The highest BCUT2D eigenvalue weighted by Gasteiger charge is 2.27. The second-order valence-electron chi connectivity index (χ2n) is 5.22. The SMILES string of the molecule is CCC(C)(C)C(Cc1cc(OC)ccc1Br)NN. The zero-order valence-corrected chi connectivity index (χ0v) is 13.2. The molecule has 0 fully saturated rings. The molecule has 1 unspecified atom stereocenters. The largest absolute Gasteiger partial charge is 0.497 e. The van der Waals surface area contributed by atoms with Gasteiger partial charge in [0.2, 0.25) is 0 Å². The van der Waals surface area contributed by atoms with Gasteiger partial charge in [0.25, 0.3) is 0 Å². The van der Waals surface area contributed by atoms with Crippen LogP contribution in [0.5, 0.6) is 5.75 Å². The smallest absolute Gasteiger partial charge is 0.119 e. The minimum absolute atomic E-state index is 0.150. The van der Waals surface area contributed by atoms with E-state index in [4.69, 9.17) is 10.6 Å². The Morgan fingerprint density at radius 3 is 2.61 bits per heavy atom. The number of hydrazine groups is 1. The Morgan fingerprint density at radius 1 is 1.44 bits per heavy atom. The normalized spacial score (nSPS) is 13.4. The Kier molecular flexibility index (Phi) is 5.63. The highest BCUT2D eigenvalue weighted by molar-refractivity contribution is 9.10. The quantitative estimate of drug-likeness (QED) is 0.626. The van der Waals surface area contributed by atoms with E-state index in [0.29, 0.717) is 0 Å². The number of halogens is 1. The molecule has 1 aromatic rings. The van der Waals surface area contributed by atoms with Crippen molar-refractivity contribution in [1.29, 1.82) is 0 Å². The summed E-state index contributed by atoms with van der Waals surface area (Å²) in [6.45, 7) is 6.64. The average Bonchev–Trinajstić information content (AvgIpc) is 2.37. The molecule has 0 radical (unpaired) electrons. The van der Waals surface area contributed by atoms with Crippen LogP contribution < -0.4 is 16.0 Å². The minimum Gasteiger partial charge on any atom is -0.497 e. The van der Waals surface area contributed by atoms with Gasteiger partial charge in [-0.25, -0.2) is 0 Å². The second kappa shape index (κ2) is 6.55. The molecule has 3 N–H and O–H groups in total. The number of nitrogens with two attached hydrogens (primary N) is 1. The van der Waals surface area contributed by atoms with Gasteiger partial charge in [-0.05, 0) is 42.0 Å². The van der Waals surface area contributed by atoms with Crippen molar-refractivity contribution >= 4 is 15.9 Å². The lowest BCUT2D eigenvalue weighted by molar-refractivity contribution is 0.231. The van der Waals surface area contributed by atoms with E-state index in [-0.39, 0.29) is 11.5 Å². The van der Waals surface area contributed by atoms with E-state index in [9.17, 15) is 0 Å². The number of ether oxygens (including phenoxy) is 1. The molecule has 0 aliphatic rings. The molecular weight excluding hydrogens is 292 g/mol. The van der Waals surface area contributed by atoms with E-state index in [1.165, 1.54) is 5.56 Å². The van der Waals surface area contributed by atoms with Gasteiger partial charge in [0.15, 0.2) is 0 Å². The third-order valence-corrected chi connectivity index (χ3v) is 4.51. The van der Waals surface area contributed by atoms with Crippen LogP contribution >= 0.6 is 15.9 Å². The number of nitrogens with one attached hydrogen (secondary N) is 1. The lowest BCUT2D eigenvalue weighted by Gasteiger charge is -2.33. The molecule has 1 rings (SSSR count). The maximum Gasteiger partial charge on any atom is 0.119 e. The van der Waals surface area contributed by atoms with E-state index < -0.39 is 0 Å². The maximum absolute atomic E-state index is 5.71. The van der Waals surface area contributed by atoms with Crippen molar-refractivity contribution in [3.05, 3.63) is 28.2 Å². The summed E-state index contributed by atoms with van der Waals surface area (Å²) >= 11 is 3.58. The van der Waals surface area contributed by atoms with Crippen molar-refractivity contribution in [1.82, 2.24) is 5.43 Å². The van der Waals surface area contributed by atoms with Crippen molar-refractivity contribution in [2.45, 2.75) is 39.7 Å². The van der Waals surface area contributed by atoms with Gasteiger partial charge in [0.05, 0.1) is 7.11 Å². The van der Waals surface area contributed by atoms with Crippen LogP contribution in [0.15, 0.2) is 22.7 Å². The summed E-state index contributed by atoms with van der Waals surface area (Å²) in [4.78, 5) is 0. The first kappa shape index (κ1) is 15.5. The fourth-order valence-corrected chi connectivity index (χ4v) is 2.27. The van der Waals surface area contributed by atoms with Crippen LogP contribution in [0.2, 0.25) is 0 Å². The Balaban J connectivity index is 2.94. The van der Waals surface area contributed by atoms with Gasteiger partial charge in [0.1, 0.15) is 5.75 Å². The van der Waals surface area contributed by atoms with Crippen LogP contribution in [0, 0.1) is 5.41 Å². The molecule has 3 nitrogen and oxygen atoms in total. The topological polar surface area (TPSA) is 47.3 Å². The second-order valence-corrected chi connectivity index (χ2v) is 6.08. The molecule has 0 saturated heterocycles. The third-order valence-electron chi connectivity index (χ3n) is 3.73. The number of rotatable bonds is 6. The first-order valence-corrected chi connectivity index (χ1v) is 7.02. The van der Waals surface area contributed by atoms with Crippen LogP contribution in [0.1, 0.15) is 32.8 Å². The molecule has 1 aromatic carbocycles. The minimum atomic E-state index is 0.150. The molecular formula is C14H23BrN2O. The van der Waals surface area contributed by atoms with Gasteiger partial charge in [-0.3, -0.25) is 11.3 Å². The van der Waals surface area contributed by atoms with Gasteiger partial charge in [0, 0.05) is 10.5 Å². The predicted molar refractivity (Wildman–Crippen MR) is 79.6 cm³/mol. The molecule has 0 heterocycles. The Morgan fingerprint density at radius 2 is 2.11 bits per heavy atom. The molecule has 1 atom stereocenters. The van der Waals surface area contributed by atoms with Crippen LogP contribution in [-0.4, -0.2) is 13.2 Å². The number of hydrogen-bond donors (Lipinski definition) is 2. The highest BCUT2D eigenvalue weighted by atomic mass is 79.9. The van der Waals surface area contributed by atoms with Gasteiger partial charge < -0.3 is 4.74 Å². The summed E-state index contributed by atoms with van der Waals surface area (Å²) < 4.78 is 6.36. The standard InChI is InChI=1S/C14H23BrN2O/c1-5-14(2,3)13(17-16)9-10-8-11(18-4)6-7-12(10)15/h6-8,13,17H,5,9,16H2,1-4H3. The lowest BCUT2D eigenvalue weighted by Crippen LogP contribution is -2.47. The summed E-state index contributed by atoms with van der Waals surface area (Å²) in [6.07, 6.45) is 1.94. The number of benzene rings is 1. The molecule has 0 bridgehead atoms. The first-order chi connectivity index (χ1) is 8.44. The molecule has 0 saturated carbocycles. The molecule has 0 aliphatic carbocycles. The number of methoxy groups -OCH3 is 1. The lowest BCUT2D eigenvalue weighted by atomic mass is 9.79. The summed E-state index contributed by atoms with van der Waals surface area (Å²) in [6, 6.07) is 6.25. The first-order valence-electron chi connectivity index (χ1n) is 6.23. The van der Waals surface area contributed by atoms with Crippen molar-refractivity contribution in [2.75, 3.05) is 7.11 Å². The van der Waals surface area contributed by atoms with E-state index >= 15 is 0 Å². The summed E-state index contributed by atoms with van der Waals surface area (Å²) in [5.74, 6) is 6.58. The summed E-state index contributed by atoms with van der Waals surface area (Å²) in [5, 5.41) is 0. The molecule has 0 aromatic heterocycles. The predicted octanol–water partition coefficient (Wildman–Crippen LogP) is 3.27. The zero-order chi connectivity index (χ0) is 13.8. The Labute approximate surface area is 118 Å². The van der Waals surface area contributed by atoms with Crippen molar-refractivity contribution in [2.24, 2.45) is 11.3 Å². The molecule has 0 spiro atoms. The third kappa shape index (κ3) is 3.70. The molecule has 102 valence electrons. The van der Waals surface area contributed by atoms with Crippen LogP contribution in [0.4, 0.5) is 0 Å². The summed E-state index contributed by atoms with van der Waals surface area (Å²) in [7, 11) is 1.68. The molecule has 0 aliphatic heterocycles. The highest BCUT2D eigenvalue weighted by Crippen LogP contribution is 2.30. The average molecular weight is 315 g/mol. The van der Waals surface area contributed by atoms with E-state index in [1.807, 2.05) is 12.1 Å². The molecule has 0 amide bonds. The molecule has 4 heteroatoms.